The second-order valence-corrected chi connectivity index (χ2v) is 3.68. The fourth-order valence-electron chi connectivity index (χ4n) is 1.77. The molecule has 3 nitrogen and oxygen atoms in total. The van der Waals surface area contributed by atoms with Gasteiger partial charge in [0.1, 0.15) is 0 Å². The van der Waals surface area contributed by atoms with Crippen molar-refractivity contribution in [3.8, 4) is 0 Å². The van der Waals surface area contributed by atoms with Crippen LogP contribution in [-0.4, -0.2) is 11.5 Å². The molecule has 1 aromatic carbocycles. The number of benzene rings is 1. The van der Waals surface area contributed by atoms with E-state index >= 15 is 0 Å². The molecule has 0 aliphatic rings. The molecule has 3 heteroatoms. The summed E-state index contributed by atoms with van der Waals surface area (Å²) in [6.45, 7) is 4.62. The lowest BCUT2D eigenvalue weighted by atomic mass is 10.1. The van der Waals surface area contributed by atoms with Gasteiger partial charge in [-0.3, -0.25) is 0 Å². The van der Waals surface area contributed by atoms with Crippen LogP contribution in [0.1, 0.15) is 18.1 Å². The summed E-state index contributed by atoms with van der Waals surface area (Å²) in [4.78, 5) is 3.28. The van der Waals surface area contributed by atoms with Crippen molar-refractivity contribution < 1.29 is 0 Å². The van der Waals surface area contributed by atoms with E-state index in [0.717, 1.165) is 13.1 Å². The van der Waals surface area contributed by atoms with Crippen LogP contribution in [0.3, 0.4) is 0 Å². The Labute approximate surface area is 89.7 Å². The van der Waals surface area contributed by atoms with Crippen molar-refractivity contribution in [3.05, 3.63) is 35.5 Å². The Balaban J connectivity index is 2.34. The SMILES string of the molecule is CCNCc1c[nH]c2cc(CN)ccc12. The zero-order valence-corrected chi connectivity index (χ0v) is 9.01. The van der Waals surface area contributed by atoms with E-state index in [1.54, 1.807) is 0 Å². The number of hydrogen-bond donors (Lipinski definition) is 3. The Morgan fingerprint density at radius 1 is 1.40 bits per heavy atom. The Hall–Kier alpha value is -1.32. The van der Waals surface area contributed by atoms with Crippen LogP contribution in [0.4, 0.5) is 0 Å². The summed E-state index contributed by atoms with van der Waals surface area (Å²) in [6, 6.07) is 6.34. The number of aromatic nitrogens is 1. The van der Waals surface area contributed by atoms with Gasteiger partial charge in [0.15, 0.2) is 0 Å². The summed E-state index contributed by atoms with van der Waals surface area (Å²) in [5.41, 5.74) is 9.25. The molecule has 80 valence electrons. The second-order valence-electron chi connectivity index (χ2n) is 3.68. The lowest BCUT2D eigenvalue weighted by Crippen LogP contribution is -2.11. The zero-order valence-electron chi connectivity index (χ0n) is 9.01. The van der Waals surface area contributed by atoms with E-state index in [1.807, 2.05) is 0 Å². The van der Waals surface area contributed by atoms with Crippen molar-refractivity contribution in [2.24, 2.45) is 5.73 Å². The highest BCUT2D eigenvalue weighted by molar-refractivity contribution is 5.83. The van der Waals surface area contributed by atoms with Crippen LogP contribution in [0.25, 0.3) is 10.9 Å². The number of H-pyrrole nitrogens is 1. The van der Waals surface area contributed by atoms with Crippen molar-refractivity contribution in [3.63, 3.8) is 0 Å². The summed E-state index contributed by atoms with van der Waals surface area (Å²) in [5.74, 6) is 0. The Kier molecular flexibility index (Phi) is 3.04. The molecule has 0 atom stereocenters. The lowest BCUT2D eigenvalue weighted by Gasteiger charge is -2.00. The van der Waals surface area contributed by atoms with Gasteiger partial charge < -0.3 is 16.0 Å². The van der Waals surface area contributed by atoms with E-state index in [-0.39, 0.29) is 0 Å². The fraction of sp³-hybridized carbons (Fsp3) is 0.333. The molecule has 4 N–H and O–H groups in total. The van der Waals surface area contributed by atoms with Crippen LogP contribution >= 0.6 is 0 Å². The van der Waals surface area contributed by atoms with Gasteiger partial charge in [-0.15, -0.1) is 0 Å². The van der Waals surface area contributed by atoms with E-state index in [9.17, 15) is 0 Å². The molecule has 0 unspecified atom stereocenters. The lowest BCUT2D eigenvalue weighted by molar-refractivity contribution is 0.730. The molecule has 0 spiro atoms. The zero-order chi connectivity index (χ0) is 10.7. The Morgan fingerprint density at radius 2 is 2.27 bits per heavy atom. The van der Waals surface area contributed by atoms with E-state index in [2.05, 4.69) is 41.6 Å². The van der Waals surface area contributed by atoms with Crippen molar-refractivity contribution >= 4 is 10.9 Å². The predicted octanol–water partition coefficient (Wildman–Crippen LogP) is 1.74. The van der Waals surface area contributed by atoms with Crippen LogP contribution in [0.2, 0.25) is 0 Å². The number of nitrogens with two attached hydrogens (primary N) is 1. The summed E-state index contributed by atoms with van der Waals surface area (Å²) in [7, 11) is 0. The van der Waals surface area contributed by atoms with Gasteiger partial charge in [0.2, 0.25) is 0 Å². The average molecular weight is 203 g/mol. The summed E-state index contributed by atoms with van der Waals surface area (Å²) < 4.78 is 0. The van der Waals surface area contributed by atoms with E-state index in [0.29, 0.717) is 6.54 Å². The maximum atomic E-state index is 5.60. The van der Waals surface area contributed by atoms with E-state index in [1.165, 1.54) is 22.0 Å². The molecule has 0 amide bonds. The number of nitrogens with one attached hydrogen (secondary N) is 2. The van der Waals surface area contributed by atoms with Crippen molar-refractivity contribution in [2.45, 2.75) is 20.0 Å². The summed E-state index contributed by atoms with van der Waals surface area (Å²) >= 11 is 0. The van der Waals surface area contributed by atoms with Crippen LogP contribution in [0.15, 0.2) is 24.4 Å². The maximum Gasteiger partial charge on any atom is 0.0460 e. The maximum absolute atomic E-state index is 5.60. The molecule has 1 heterocycles. The molecule has 2 aromatic rings. The molecular formula is C12H17N3. The van der Waals surface area contributed by atoms with E-state index < -0.39 is 0 Å². The number of aromatic amines is 1. The van der Waals surface area contributed by atoms with E-state index in [4.69, 9.17) is 5.73 Å². The highest BCUT2D eigenvalue weighted by Crippen LogP contribution is 2.19. The summed E-state index contributed by atoms with van der Waals surface area (Å²) in [5, 5.41) is 4.61. The molecule has 0 saturated carbocycles. The average Bonchev–Trinajstić information content (AvgIpc) is 2.68. The van der Waals surface area contributed by atoms with Crippen molar-refractivity contribution in [1.29, 1.82) is 0 Å². The third-order valence-corrected chi connectivity index (χ3v) is 2.63. The minimum Gasteiger partial charge on any atom is -0.361 e. The molecule has 15 heavy (non-hydrogen) atoms. The first-order chi connectivity index (χ1) is 7.35. The molecule has 0 aliphatic carbocycles. The molecule has 2 rings (SSSR count). The van der Waals surface area contributed by atoms with Crippen LogP contribution in [0, 0.1) is 0 Å². The molecular weight excluding hydrogens is 186 g/mol. The normalized spacial score (nSPS) is 11.1. The molecule has 0 radical (unpaired) electrons. The molecule has 0 bridgehead atoms. The Morgan fingerprint density at radius 3 is 3.00 bits per heavy atom. The first kappa shape index (κ1) is 10.2. The Bertz CT molecular complexity index is 445. The quantitative estimate of drug-likeness (QED) is 0.709. The predicted molar refractivity (Wildman–Crippen MR) is 63.6 cm³/mol. The van der Waals surface area contributed by atoms with Gasteiger partial charge in [0.25, 0.3) is 0 Å². The molecule has 0 fully saturated rings. The van der Waals surface area contributed by atoms with Crippen molar-refractivity contribution in [2.75, 3.05) is 6.54 Å². The highest BCUT2D eigenvalue weighted by Gasteiger charge is 2.02. The third kappa shape index (κ3) is 2.03. The fourth-order valence-corrected chi connectivity index (χ4v) is 1.77. The molecule has 0 saturated heterocycles. The highest BCUT2D eigenvalue weighted by atomic mass is 14.8. The molecule has 0 aliphatic heterocycles. The molecule has 1 aromatic heterocycles. The number of rotatable bonds is 4. The minimum atomic E-state index is 0.595. The third-order valence-electron chi connectivity index (χ3n) is 2.63. The first-order valence-electron chi connectivity index (χ1n) is 5.34. The van der Waals surface area contributed by atoms with Crippen molar-refractivity contribution in [1.82, 2.24) is 10.3 Å². The minimum absolute atomic E-state index is 0.595. The standard InChI is InChI=1S/C12H17N3/c1-2-14-7-10-8-15-12-5-9(6-13)3-4-11(10)12/h3-5,8,14-15H,2,6-7,13H2,1H3. The van der Waals surface area contributed by atoms with Gasteiger partial charge in [0, 0.05) is 30.2 Å². The first-order valence-corrected chi connectivity index (χ1v) is 5.34. The van der Waals surface area contributed by atoms with Crippen LogP contribution in [0.5, 0.6) is 0 Å². The summed E-state index contributed by atoms with van der Waals surface area (Å²) in [6.07, 6.45) is 2.06. The van der Waals surface area contributed by atoms with Gasteiger partial charge in [-0.2, -0.15) is 0 Å². The topological polar surface area (TPSA) is 53.8 Å². The van der Waals surface area contributed by atoms with Gasteiger partial charge in [-0.1, -0.05) is 19.1 Å². The van der Waals surface area contributed by atoms with Crippen LogP contribution < -0.4 is 11.1 Å². The second kappa shape index (κ2) is 4.47. The van der Waals surface area contributed by atoms with Gasteiger partial charge in [-0.25, -0.2) is 0 Å². The van der Waals surface area contributed by atoms with Crippen LogP contribution in [-0.2, 0) is 13.1 Å². The monoisotopic (exact) mass is 203 g/mol. The number of fused-ring (bicyclic) bond motifs is 1. The van der Waals surface area contributed by atoms with Gasteiger partial charge >= 0.3 is 0 Å². The largest absolute Gasteiger partial charge is 0.361 e. The van der Waals surface area contributed by atoms with Gasteiger partial charge in [0.05, 0.1) is 0 Å². The smallest absolute Gasteiger partial charge is 0.0460 e. The van der Waals surface area contributed by atoms with Gasteiger partial charge in [-0.05, 0) is 23.7 Å². The number of hydrogen-bond acceptors (Lipinski definition) is 2.